The molecular formula is C12H16Cl2N2O2S. The Labute approximate surface area is 123 Å². The molecule has 1 aromatic rings. The summed E-state index contributed by atoms with van der Waals surface area (Å²) in [5.41, 5.74) is 5.67. The van der Waals surface area contributed by atoms with Crippen molar-refractivity contribution in [2.24, 2.45) is 5.73 Å². The first-order valence-electron chi connectivity index (χ1n) is 6.14. The van der Waals surface area contributed by atoms with Crippen LogP contribution in [-0.4, -0.2) is 31.9 Å². The first-order chi connectivity index (χ1) is 8.96. The first kappa shape index (κ1) is 15.1. The molecule has 106 valence electrons. The third-order valence-electron chi connectivity index (χ3n) is 3.33. The Morgan fingerprint density at radius 3 is 2.74 bits per heavy atom. The summed E-state index contributed by atoms with van der Waals surface area (Å²) in [4.78, 5) is 0.0574. The average molecular weight is 323 g/mol. The number of rotatable bonds is 3. The van der Waals surface area contributed by atoms with Crippen molar-refractivity contribution in [1.29, 1.82) is 0 Å². The van der Waals surface area contributed by atoms with E-state index in [1.807, 2.05) is 0 Å². The van der Waals surface area contributed by atoms with Gasteiger partial charge in [0.05, 0.1) is 5.02 Å². The number of nitrogens with two attached hydrogens (primary N) is 1. The van der Waals surface area contributed by atoms with Crippen LogP contribution in [0.2, 0.25) is 10.0 Å². The van der Waals surface area contributed by atoms with E-state index < -0.39 is 10.0 Å². The zero-order valence-corrected chi connectivity index (χ0v) is 12.7. The Hall–Kier alpha value is -0.330. The van der Waals surface area contributed by atoms with Crippen LogP contribution in [0.3, 0.4) is 0 Å². The molecule has 2 N–H and O–H groups in total. The molecule has 1 aromatic carbocycles. The van der Waals surface area contributed by atoms with E-state index in [-0.39, 0.29) is 16.0 Å². The molecule has 1 fully saturated rings. The van der Waals surface area contributed by atoms with Gasteiger partial charge in [-0.05, 0) is 31.0 Å². The van der Waals surface area contributed by atoms with E-state index in [9.17, 15) is 8.42 Å². The fourth-order valence-electron chi connectivity index (χ4n) is 2.33. The molecule has 0 amide bonds. The normalized spacial score (nSPS) is 21.5. The number of hydrogen-bond donors (Lipinski definition) is 1. The largest absolute Gasteiger partial charge is 0.329 e. The minimum absolute atomic E-state index is 0.0574. The number of benzene rings is 1. The van der Waals surface area contributed by atoms with Gasteiger partial charge in [0.25, 0.3) is 0 Å². The topological polar surface area (TPSA) is 63.4 Å². The van der Waals surface area contributed by atoms with Gasteiger partial charge in [-0.3, -0.25) is 0 Å². The van der Waals surface area contributed by atoms with Gasteiger partial charge in [0.15, 0.2) is 0 Å². The van der Waals surface area contributed by atoms with Crippen LogP contribution in [0.15, 0.2) is 23.1 Å². The quantitative estimate of drug-likeness (QED) is 0.929. The van der Waals surface area contributed by atoms with Gasteiger partial charge in [-0.15, -0.1) is 0 Å². The van der Waals surface area contributed by atoms with Gasteiger partial charge < -0.3 is 5.73 Å². The minimum Gasteiger partial charge on any atom is -0.329 e. The van der Waals surface area contributed by atoms with Crippen LogP contribution in [0, 0.1) is 0 Å². The van der Waals surface area contributed by atoms with E-state index in [0.717, 1.165) is 19.3 Å². The maximum atomic E-state index is 12.7. The average Bonchev–Trinajstić information content (AvgIpc) is 2.41. The molecule has 2 rings (SSSR count). The molecule has 0 aromatic heterocycles. The van der Waals surface area contributed by atoms with Gasteiger partial charge in [0, 0.05) is 24.2 Å². The smallest absolute Gasteiger partial charge is 0.244 e. The van der Waals surface area contributed by atoms with Gasteiger partial charge >= 0.3 is 0 Å². The second-order valence-corrected chi connectivity index (χ2v) is 7.28. The molecule has 1 heterocycles. The zero-order valence-electron chi connectivity index (χ0n) is 10.4. The molecule has 0 bridgehead atoms. The highest BCUT2D eigenvalue weighted by atomic mass is 35.5. The van der Waals surface area contributed by atoms with Crippen molar-refractivity contribution in [1.82, 2.24) is 4.31 Å². The molecular weight excluding hydrogens is 307 g/mol. The molecule has 1 aliphatic heterocycles. The van der Waals surface area contributed by atoms with Crippen LogP contribution in [0.25, 0.3) is 0 Å². The minimum atomic E-state index is -3.64. The Kier molecular flexibility index (Phi) is 4.74. The summed E-state index contributed by atoms with van der Waals surface area (Å²) in [5, 5.41) is 0.537. The lowest BCUT2D eigenvalue weighted by molar-refractivity contribution is 0.257. The molecule has 0 spiro atoms. The van der Waals surface area contributed by atoms with E-state index in [0.29, 0.717) is 18.1 Å². The number of hydrogen-bond acceptors (Lipinski definition) is 3. The molecule has 1 saturated heterocycles. The van der Waals surface area contributed by atoms with Crippen LogP contribution >= 0.6 is 23.2 Å². The van der Waals surface area contributed by atoms with Gasteiger partial charge in [0.1, 0.15) is 4.90 Å². The van der Waals surface area contributed by atoms with Crippen molar-refractivity contribution in [3.63, 3.8) is 0 Å². The van der Waals surface area contributed by atoms with Crippen LogP contribution in [0.1, 0.15) is 19.3 Å². The second kappa shape index (κ2) is 5.97. The summed E-state index contributed by atoms with van der Waals surface area (Å²) >= 11 is 11.9. The molecule has 0 saturated carbocycles. The molecule has 7 heteroatoms. The number of piperidine rings is 1. The van der Waals surface area contributed by atoms with Gasteiger partial charge in [-0.1, -0.05) is 29.6 Å². The predicted octanol–water partition coefficient (Wildman–Crippen LogP) is 2.50. The maximum absolute atomic E-state index is 12.7. The van der Waals surface area contributed by atoms with Crippen molar-refractivity contribution in [3.8, 4) is 0 Å². The fraction of sp³-hybridized carbons (Fsp3) is 0.500. The van der Waals surface area contributed by atoms with Gasteiger partial charge in [0.2, 0.25) is 10.0 Å². The SMILES string of the molecule is NCC1CCCCN1S(=O)(=O)c1cc(Cl)ccc1Cl. The van der Waals surface area contributed by atoms with Crippen molar-refractivity contribution in [2.75, 3.05) is 13.1 Å². The molecule has 0 radical (unpaired) electrons. The van der Waals surface area contributed by atoms with E-state index in [2.05, 4.69) is 0 Å². The summed E-state index contributed by atoms with van der Waals surface area (Å²) in [6.45, 7) is 0.796. The Morgan fingerprint density at radius 1 is 1.32 bits per heavy atom. The summed E-state index contributed by atoms with van der Waals surface area (Å²) in [5.74, 6) is 0. The summed E-state index contributed by atoms with van der Waals surface area (Å²) in [6, 6.07) is 4.30. The molecule has 1 unspecified atom stereocenters. The van der Waals surface area contributed by atoms with E-state index in [4.69, 9.17) is 28.9 Å². The van der Waals surface area contributed by atoms with Crippen molar-refractivity contribution in [2.45, 2.75) is 30.2 Å². The van der Waals surface area contributed by atoms with Crippen LogP contribution in [-0.2, 0) is 10.0 Å². The Bertz CT molecular complexity index is 563. The molecule has 1 atom stereocenters. The molecule has 19 heavy (non-hydrogen) atoms. The van der Waals surface area contributed by atoms with Gasteiger partial charge in [-0.25, -0.2) is 8.42 Å². The lowest BCUT2D eigenvalue weighted by atomic mass is 10.1. The van der Waals surface area contributed by atoms with Crippen molar-refractivity contribution >= 4 is 33.2 Å². The molecule has 0 aliphatic carbocycles. The van der Waals surface area contributed by atoms with E-state index in [1.165, 1.54) is 16.4 Å². The van der Waals surface area contributed by atoms with Crippen LogP contribution < -0.4 is 5.73 Å². The Balaban J connectivity index is 2.43. The summed E-state index contributed by atoms with van der Waals surface area (Å²) < 4.78 is 26.8. The van der Waals surface area contributed by atoms with Crippen LogP contribution in [0.4, 0.5) is 0 Å². The fourth-order valence-corrected chi connectivity index (χ4v) is 4.77. The van der Waals surface area contributed by atoms with Gasteiger partial charge in [-0.2, -0.15) is 4.31 Å². The highest BCUT2D eigenvalue weighted by Gasteiger charge is 2.34. The zero-order chi connectivity index (χ0) is 14.0. The highest BCUT2D eigenvalue weighted by Crippen LogP contribution is 2.31. The summed E-state index contributed by atoms with van der Waals surface area (Å²) in [7, 11) is -3.64. The number of sulfonamides is 1. The first-order valence-corrected chi connectivity index (χ1v) is 8.33. The van der Waals surface area contributed by atoms with Crippen molar-refractivity contribution in [3.05, 3.63) is 28.2 Å². The standard InChI is InChI=1S/C12H16Cl2N2O2S/c13-9-4-5-11(14)12(7-9)19(17,18)16-6-2-1-3-10(16)8-15/h4-5,7,10H,1-3,6,8,15H2. The monoisotopic (exact) mass is 322 g/mol. The second-order valence-electron chi connectivity index (χ2n) is 4.58. The predicted molar refractivity (Wildman–Crippen MR) is 77.0 cm³/mol. The third kappa shape index (κ3) is 3.06. The highest BCUT2D eigenvalue weighted by molar-refractivity contribution is 7.89. The lowest BCUT2D eigenvalue weighted by Crippen LogP contribution is -2.47. The molecule has 4 nitrogen and oxygen atoms in total. The summed E-state index contributed by atoms with van der Waals surface area (Å²) in [6.07, 6.45) is 2.62. The number of nitrogens with zero attached hydrogens (tertiary/aromatic N) is 1. The lowest BCUT2D eigenvalue weighted by Gasteiger charge is -2.34. The van der Waals surface area contributed by atoms with E-state index in [1.54, 1.807) is 6.07 Å². The Morgan fingerprint density at radius 2 is 2.05 bits per heavy atom. The van der Waals surface area contributed by atoms with Crippen LogP contribution in [0.5, 0.6) is 0 Å². The van der Waals surface area contributed by atoms with E-state index >= 15 is 0 Å². The molecule has 1 aliphatic rings. The third-order valence-corrected chi connectivity index (χ3v) is 5.99. The number of halogens is 2. The van der Waals surface area contributed by atoms with Crippen molar-refractivity contribution < 1.29 is 8.42 Å². The maximum Gasteiger partial charge on any atom is 0.244 e.